The number of carboxylic acid groups (broad SMARTS) is 1. The molecule has 0 amide bonds. The Morgan fingerprint density at radius 3 is 2.21 bits per heavy atom. The number of carbonyl (C=O) groups is 2. The highest BCUT2D eigenvalue weighted by molar-refractivity contribution is 5.79. The van der Waals surface area contributed by atoms with Crippen molar-refractivity contribution in [2.45, 2.75) is 135 Å². The maximum atomic E-state index is 14.5. The van der Waals surface area contributed by atoms with Crippen LogP contribution in [-0.2, 0) is 19.1 Å². The third kappa shape index (κ3) is 4.49. The summed E-state index contributed by atoms with van der Waals surface area (Å²) in [5, 5.41) is 85.4. The van der Waals surface area contributed by atoms with E-state index in [2.05, 4.69) is 26.8 Å². The highest BCUT2D eigenvalue weighted by atomic mass is 16.7. The molecule has 12 nitrogen and oxygen atoms in total. The molecule has 272 valence electrons. The lowest BCUT2D eigenvalue weighted by Gasteiger charge is -2.71. The van der Waals surface area contributed by atoms with E-state index in [1.165, 1.54) is 0 Å². The van der Waals surface area contributed by atoms with Gasteiger partial charge in [0, 0.05) is 5.92 Å². The Kier molecular flexibility index (Phi) is 8.81. The Hall–Kier alpha value is -1.64. The average Bonchev–Trinajstić information content (AvgIpc) is 3.03. The molecule has 8 N–H and O–H groups in total. The van der Waals surface area contributed by atoms with Crippen LogP contribution in [0.2, 0.25) is 0 Å². The maximum absolute atomic E-state index is 14.5. The molecule has 5 aliphatic carbocycles. The Morgan fingerprint density at radius 1 is 0.896 bits per heavy atom. The number of aliphatic hydroxyl groups is 7. The van der Waals surface area contributed by atoms with Crippen LogP contribution in [0.4, 0.5) is 0 Å². The van der Waals surface area contributed by atoms with E-state index in [1.54, 1.807) is 6.92 Å². The molecule has 1 saturated heterocycles. The summed E-state index contributed by atoms with van der Waals surface area (Å²) in [7, 11) is 0. The smallest absolute Gasteiger partial charge is 0.315 e. The lowest BCUT2D eigenvalue weighted by molar-refractivity contribution is -0.299. The third-order valence-corrected chi connectivity index (χ3v) is 15.6. The van der Waals surface area contributed by atoms with Crippen LogP contribution in [0.25, 0.3) is 0 Å². The van der Waals surface area contributed by atoms with E-state index >= 15 is 0 Å². The molecule has 1 aliphatic heterocycles. The number of ether oxygens (including phenoxy) is 2. The number of rotatable bonds is 5. The number of hydrogen-bond donors (Lipinski definition) is 8. The molecule has 4 saturated carbocycles. The summed E-state index contributed by atoms with van der Waals surface area (Å²) in [5.74, 6) is -3.03. The van der Waals surface area contributed by atoms with E-state index < -0.39 is 101 Å². The van der Waals surface area contributed by atoms with Crippen LogP contribution in [0, 0.1) is 50.7 Å². The molecule has 0 bridgehead atoms. The van der Waals surface area contributed by atoms with Gasteiger partial charge < -0.3 is 50.3 Å². The van der Waals surface area contributed by atoms with Crippen LogP contribution in [0.3, 0.4) is 0 Å². The first-order chi connectivity index (χ1) is 22.3. The summed E-state index contributed by atoms with van der Waals surface area (Å²) in [4.78, 5) is 27.2. The third-order valence-electron chi connectivity index (χ3n) is 15.6. The quantitative estimate of drug-likeness (QED) is 0.153. The van der Waals surface area contributed by atoms with Gasteiger partial charge in [0.25, 0.3) is 0 Å². The topological polar surface area (TPSA) is 214 Å². The Morgan fingerprint density at radius 2 is 1.58 bits per heavy atom. The summed E-state index contributed by atoms with van der Waals surface area (Å²) in [6.07, 6.45) is -2.28. The molecular formula is C36H56O12. The highest BCUT2D eigenvalue weighted by Gasteiger charge is 2.73. The van der Waals surface area contributed by atoms with Crippen molar-refractivity contribution in [1.82, 2.24) is 0 Å². The predicted molar refractivity (Wildman–Crippen MR) is 170 cm³/mol. The van der Waals surface area contributed by atoms with E-state index in [0.29, 0.717) is 51.4 Å². The van der Waals surface area contributed by atoms with E-state index in [9.17, 15) is 50.4 Å². The van der Waals surface area contributed by atoms with Crippen molar-refractivity contribution in [2.75, 3.05) is 13.2 Å². The fourth-order valence-corrected chi connectivity index (χ4v) is 12.3. The van der Waals surface area contributed by atoms with Crippen LogP contribution >= 0.6 is 0 Å². The van der Waals surface area contributed by atoms with E-state index in [1.807, 2.05) is 6.92 Å². The Bertz CT molecular complexity index is 1330. The summed E-state index contributed by atoms with van der Waals surface area (Å²) in [5.41, 5.74) is -4.46. The molecule has 16 atom stereocenters. The van der Waals surface area contributed by atoms with Gasteiger partial charge in [0.1, 0.15) is 29.8 Å². The van der Waals surface area contributed by atoms with Crippen molar-refractivity contribution < 1.29 is 59.9 Å². The van der Waals surface area contributed by atoms with Crippen LogP contribution in [-0.4, -0.2) is 108 Å². The lowest BCUT2D eigenvalue weighted by Crippen LogP contribution is -2.69. The second-order valence-corrected chi connectivity index (χ2v) is 17.2. The molecule has 6 aliphatic rings. The number of allylic oxidation sites excluding steroid dienone is 1. The first kappa shape index (κ1) is 36.2. The SMILES string of the molecule is CC1CCC2(C(=O)OC3OC(CO)C(O)C(O)C3O)CCC3(C)C(=CCC4C5(C)CCC(O)C(CO)(C(=O)O)C5CCC43C)C2C1(C)O. The van der Waals surface area contributed by atoms with E-state index in [-0.39, 0.29) is 23.7 Å². The molecule has 6 rings (SSSR count). The van der Waals surface area contributed by atoms with Crippen LogP contribution in [0.15, 0.2) is 11.6 Å². The molecule has 48 heavy (non-hydrogen) atoms. The molecule has 0 aromatic carbocycles. The maximum Gasteiger partial charge on any atom is 0.315 e. The fraction of sp³-hybridized carbons (Fsp3) is 0.889. The minimum atomic E-state index is -1.74. The number of carbonyl (C=O) groups excluding carboxylic acids is 1. The number of aliphatic carboxylic acids is 1. The van der Waals surface area contributed by atoms with Gasteiger partial charge in [-0.3, -0.25) is 9.59 Å². The predicted octanol–water partition coefficient (Wildman–Crippen LogP) is 1.50. The summed E-state index contributed by atoms with van der Waals surface area (Å²) in [6.45, 7) is 9.07. The molecule has 0 aromatic rings. The van der Waals surface area contributed by atoms with Crippen LogP contribution < -0.4 is 0 Å². The summed E-state index contributed by atoms with van der Waals surface area (Å²) in [6, 6.07) is 0. The zero-order valence-electron chi connectivity index (χ0n) is 28.8. The van der Waals surface area contributed by atoms with Crippen LogP contribution in [0.1, 0.15) is 92.4 Å². The second kappa shape index (κ2) is 11.7. The number of hydrogen-bond acceptors (Lipinski definition) is 11. The Balaban J connectivity index is 1.40. The number of aliphatic hydroxyl groups excluding tert-OH is 6. The number of esters is 1. The summed E-state index contributed by atoms with van der Waals surface area (Å²) >= 11 is 0. The van der Waals surface area contributed by atoms with Gasteiger partial charge in [0.15, 0.2) is 0 Å². The Labute approximate surface area is 282 Å². The van der Waals surface area contributed by atoms with E-state index in [4.69, 9.17) is 9.47 Å². The van der Waals surface area contributed by atoms with Crippen molar-refractivity contribution in [1.29, 1.82) is 0 Å². The largest absolute Gasteiger partial charge is 0.481 e. The molecule has 0 radical (unpaired) electrons. The number of fused-ring (bicyclic) bond motifs is 7. The van der Waals surface area contributed by atoms with Crippen molar-refractivity contribution in [3.8, 4) is 0 Å². The fourth-order valence-electron chi connectivity index (χ4n) is 12.3. The molecule has 0 spiro atoms. The minimum Gasteiger partial charge on any atom is -0.481 e. The molecule has 1 heterocycles. The standard InChI is InChI=1S/C36H56O12/c1-18-8-13-35(30(45)48-28-26(42)25(41)24(40)20(16-37)47-28)15-14-32(3)19(27(35)34(18,5)46)6-7-21-31(2)11-10-23(39)36(17-38,29(43)44)22(31)9-12-33(21,32)4/h6,18,20-28,37-42,46H,7-17H2,1-5H3,(H,43,44). The second-order valence-electron chi connectivity index (χ2n) is 17.2. The first-order valence-electron chi connectivity index (χ1n) is 17.8. The van der Waals surface area contributed by atoms with E-state index in [0.717, 1.165) is 5.57 Å². The van der Waals surface area contributed by atoms with Crippen LogP contribution in [0.5, 0.6) is 0 Å². The van der Waals surface area contributed by atoms with Crippen molar-refractivity contribution in [2.24, 2.45) is 50.7 Å². The first-order valence-corrected chi connectivity index (χ1v) is 17.8. The van der Waals surface area contributed by atoms with Gasteiger partial charge in [0.2, 0.25) is 6.29 Å². The van der Waals surface area contributed by atoms with Gasteiger partial charge in [-0.1, -0.05) is 39.3 Å². The molecule has 5 fully saturated rings. The monoisotopic (exact) mass is 680 g/mol. The van der Waals surface area contributed by atoms with Gasteiger partial charge in [-0.25, -0.2) is 0 Å². The van der Waals surface area contributed by atoms with Crippen molar-refractivity contribution in [3.05, 3.63) is 11.6 Å². The highest BCUT2D eigenvalue weighted by Crippen LogP contribution is 2.76. The lowest BCUT2D eigenvalue weighted by atomic mass is 9.33. The molecule has 12 heteroatoms. The van der Waals surface area contributed by atoms with Gasteiger partial charge >= 0.3 is 11.9 Å². The molecular weight excluding hydrogens is 624 g/mol. The van der Waals surface area contributed by atoms with Crippen molar-refractivity contribution >= 4 is 11.9 Å². The van der Waals surface area contributed by atoms with Gasteiger partial charge in [-0.15, -0.1) is 0 Å². The normalized spacial score (nSPS) is 54.9. The zero-order valence-corrected chi connectivity index (χ0v) is 28.8. The minimum absolute atomic E-state index is 0.0230. The summed E-state index contributed by atoms with van der Waals surface area (Å²) < 4.78 is 11.4. The van der Waals surface area contributed by atoms with Crippen molar-refractivity contribution in [3.63, 3.8) is 0 Å². The van der Waals surface area contributed by atoms with Gasteiger partial charge in [-0.05, 0) is 98.7 Å². The molecule has 16 unspecified atom stereocenters. The molecule has 0 aromatic heterocycles. The average molecular weight is 681 g/mol. The van der Waals surface area contributed by atoms with Gasteiger partial charge in [-0.2, -0.15) is 0 Å². The number of carboxylic acids is 1. The van der Waals surface area contributed by atoms with Gasteiger partial charge in [0.05, 0.1) is 30.3 Å². The zero-order chi connectivity index (χ0) is 35.4.